The van der Waals surface area contributed by atoms with E-state index in [9.17, 15) is 9.90 Å². The Bertz CT molecular complexity index is 408. The van der Waals surface area contributed by atoms with E-state index in [0.717, 1.165) is 30.0 Å². The molecule has 0 fully saturated rings. The summed E-state index contributed by atoms with van der Waals surface area (Å²) >= 11 is 1.71. The second-order valence-corrected chi connectivity index (χ2v) is 6.03. The highest BCUT2D eigenvalue weighted by molar-refractivity contribution is 7.99. The molecule has 0 saturated heterocycles. The van der Waals surface area contributed by atoms with Gasteiger partial charge in [0.05, 0.1) is 6.20 Å². The molecular formula is C13H23N3O2S. The third-order valence-corrected chi connectivity index (χ3v) is 4.05. The predicted octanol–water partition coefficient (Wildman–Crippen LogP) is 2.14. The number of hydrogen-bond donors (Lipinski definition) is 2. The molecule has 0 aliphatic carbocycles. The topological polar surface area (TPSA) is 67.2 Å². The van der Waals surface area contributed by atoms with E-state index in [4.69, 9.17) is 0 Å². The first kappa shape index (κ1) is 16.0. The van der Waals surface area contributed by atoms with Crippen LogP contribution < -0.4 is 5.32 Å². The molecule has 1 atom stereocenters. The fourth-order valence-electron chi connectivity index (χ4n) is 1.76. The fraction of sp³-hybridized carbons (Fsp3) is 0.692. The smallest absolute Gasteiger partial charge is 0.323 e. The molecule has 1 aromatic heterocycles. The van der Waals surface area contributed by atoms with Crippen LogP contribution in [0.3, 0.4) is 0 Å². The molecule has 0 spiro atoms. The Morgan fingerprint density at radius 2 is 2.37 bits per heavy atom. The number of aryl methyl sites for hydroxylation is 1. The van der Waals surface area contributed by atoms with E-state index < -0.39 is 11.5 Å². The quantitative estimate of drug-likeness (QED) is 0.537. The van der Waals surface area contributed by atoms with Gasteiger partial charge in [-0.1, -0.05) is 6.92 Å². The summed E-state index contributed by atoms with van der Waals surface area (Å²) in [6.07, 6.45) is 6.23. The molecule has 6 heteroatoms. The molecule has 0 radical (unpaired) electrons. The van der Waals surface area contributed by atoms with Gasteiger partial charge in [-0.05, 0) is 38.5 Å². The Kier molecular flexibility index (Phi) is 6.37. The van der Waals surface area contributed by atoms with Gasteiger partial charge in [0.1, 0.15) is 5.54 Å². The van der Waals surface area contributed by atoms with Crippen molar-refractivity contribution < 1.29 is 9.90 Å². The minimum Gasteiger partial charge on any atom is -0.480 e. The number of aliphatic carboxylic acids is 1. The summed E-state index contributed by atoms with van der Waals surface area (Å²) in [6.45, 7) is 4.53. The molecule has 0 amide bonds. The van der Waals surface area contributed by atoms with Crippen LogP contribution in [0.25, 0.3) is 0 Å². The van der Waals surface area contributed by atoms with Crippen molar-refractivity contribution in [3.63, 3.8) is 0 Å². The zero-order chi connectivity index (χ0) is 14.3. The lowest BCUT2D eigenvalue weighted by Crippen LogP contribution is -2.49. The van der Waals surface area contributed by atoms with Crippen LogP contribution in [0, 0.1) is 0 Å². The van der Waals surface area contributed by atoms with Crippen LogP contribution in [-0.4, -0.2) is 38.7 Å². The van der Waals surface area contributed by atoms with Crippen LogP contribution in [-0.2, 0) is 11.8 Å². The number of thioether (sulfide) groups is 1. The van der Waals surface area contributed by atoms with E-state index in [1.54, 1.807) is 23.4 Å². The van der Waals surface area contributed by atoms with Crippen molar-refractivity contribution in [2.24, 2.45) is 7.05 Å². The highest BCUT2D eigenvalue weighted by Crippen LogP contribution is 2.21. The van der Waals surface area contributed by atoms with Gasteiger partial charge in [0.25, 0.3) is 0 Å². The third kappa shape index (κ3) is 5.24. The van der Waals surface area contributed by atoms with Gasteiger partial charge < -0.3 is 10.4 Å². The van der Waals surface area contributed by atoms with Crippen LogP contribution in [0.1, 0.15) is 33.1 Å². The maximum Gasteiger partial charge on any atom is 0.323 e. The highest BCUT2D eigenvalue weighted by atomic mass is 32.2. The van der Waals surface area contributed by atoms with Gasteiger partial charge in [-0.3, -0.25) is 9.48 Å². The molecule has 0 aromatic carbocycles. The molecule has 19 heavy (non-hydrogen) atoms. The maximum absolute atomic E-state index is 11.3. The average Bonchev–Trinajstić information content (AvgIpc) is 2.78. The SMILES string of the molecule is CCCNC(C)(CCCSc1cnn(C)c1)C(=O)O. The zero-order valence-electron chi connectivity index (χ0n) is 11.8. The number of carbonyl (C=O) groups is 1. The average molecular weight is 285 g/mol. The summed E-state index contributed by atoms with van der Waals surface area (Å²) in [7, 11) is 1.89. The lowest BCUT2D eigenvalue weighted by molar-refractivity contribution is -0.144. The Morgan fingerprint density at radius 1 is 1.63 bits per heavy atom. The van der Waals surface area contributed by atoms with E-state index in [2.05, 4.69) is 10.4 Å². The molecule has 2 N–H and O–H groups in total. The number of carboxylic acids is 1. The lowest BCUT2D eigenvalue weighted by atomic mass is 9.96. The van der Waals surface area contributed by atoms with Crippen molar-refractivity contribution in [1.82, 2.24) is 15.1 Å². The normalized spacial score (nSPS) is 14.3. The van der Waals surface area contributed by atoms with Gasteiger partial charge in [0, 0.05) is 18.1 Å². The van der Waals surface area contributed by atoms with Crippen LogP contribution in [0.15, 0.2) is 17.3 Å². The first-order valence-electron chi connectivity index (χ1n) is 6.58. The number of carboxylic acid groups (broad SMARTS) is 1. The van der Waals surface area contributed by atoms with Gasteiger partial charge in [-0.2, -0.15) is 5.10 Å². The molecular weight excluding hydrogens is 262 g/mol. The molecule has 108 valence electrons. The summed E-state index contributed by atoms with van der Waals surface area (Å²) in [6, 6.07) is 0. The first-order chi connectivity index (χ1) is 8.98. The summed E-state index contributed by atoms with van der Waals surface area (Å²) in [5.74, 6) is 0.134. The summed E-state index contributed by atoms with van der Waals surface area (Å²) in [5.41, 5.74) is -0.814. The molecule has 0 aliphatic rings. The van der Waals surface area contributed by atoms with Crippen molar-refractivity contribution in [3.05, 3.63) is 12.4 Å². The number of aromatic nitrogens is 2. The van der Waals surface area contributed by atoms with E-state index in [0.29, 0.717) is 6.42 Å². The third-order valence-electron chi connectivity index (χ3n) is 3.01. The molecule has 0 saturated carbocycles. The fourth-order valence-corrected chi connectivity index (χ4v) is 2.63. The van der Waals surface area contributed by atoms with Crippen molar-refractivity contribution in [2.75, 3.05) is 12.3 Å². The Balaban J connectivity index is 2.34. The Hall–Kier alpha value is -1.01. The molecule has 0 bridgehead atoms. The van der Waals surface area contributed by atoms with E-state index in [-0.39, 0.29) is 0 Å². The predicted molar refractivity (Wildman–Crippen MR) is 77.5 cm³/mol. The van der Waals surface area contributed by atoms with Gasteiger partial charge in [0.15, 0.2) is 0 Å². The van der Waals surface area contributed by atoms with Crippen molar-refractivity contribution in [1.29, 1.82) is 0 Å². The van der Waals surface area contributed by atoms with Crippen LogP contribution in [0.2, 0.25) is 0 Å². The van der Waals surface area contributed by atoms with E-state index in [1.807, 2.05) is 26.4 Å². The number of hydrogen-bond acceptors (Lipinski definition) is 4. The molecule has 1 heterocycles. The van der Waals surface area contributed by atoms with E-state index >= 15 is 0 Å². The van der Waals surface area contributed by atoms with Gasteiger partial charge in [-0.15, -0.1) is 11.8 Å². The Labute approximate surface area is 118 Å². The van der Waals surface area contributed by atoms with Crippen molar-refractivity contribution in [3.8, 4) is 0 Å². The number of nitrogens with zero attached hydrogens (tertiary/aromatic N) is 2. The second-order valence-electron chi connectivity index (χ2n) is 4.87. The summed E-state index contributed by atoms with van der Waals surface area (Å²) in [5, 5.41) is 16.5. The summed E-state index contributed by atoms with van der Waals surface area (Å²) < 4.78 is 1.77. The van der Waals surface area contributed by atoms with Crippen molar-refractivity contribution in [2.45, 2.75) is 43.5 Å². The second kappa shape index (κ2) is 7.55. The van der Waals surface area contributed by atoms with Crippen LogP contribution in [0.4, 0.5) is 0 Å². The molecule has 0 aliphatic heterocycles. The van der Waals surface area contributed by atoms with Crippen LogP contribution >= 0.6 is 11.8 Å². The minimum absolute atomic E-state index is 0.635. The maximum atomic E-state index is 11.3. The van der Waals surface area contributed by atoms with Gasteiger partial charge in [0.2, 0.25) is 0 Å². The lowest BCUT2D eigenvalue weighted by Gasteiger charge is -2.26. The minimum atomic E-state index is -0.814. The molecule has 5 nitrogen and oxygen atoms in total. The highest BCUT2D eigenvalue weighted by Gasteiger charge is 2.31. The molecule has 1 rings (SSSR count). The van der Waals surface area contributed by atoms with Gasteiger partial charge >= 0.3 is 5.97 Å². The van der Waals surface area contributed by atoms with E-state index in [1.165, 1.54) is 0 Å². The first-order valence-corrected chi connectivity index (χ1v) is 7.56. The number of nitrogens with one attached hydrogen (secondary N) is 1. The van der Waals surface area contributed by atoms with Crippen molar-refractivity contribution >= 4 is 17.7 Å². The monoisotopic (exact) mass is 285 g/mol. The molecule has 1 aromatic rings. The summed E-state index contributed by atoms with van der Waals surface area (Å²) in [4.78, 5) is 12.4. The van der Waals surface area contributed by atoms with Gasteiger partial charge in [-0.25, -0.2) is 0 Å². The molecule has 1 unspecified atom stereocenters. The largest absolute Gasteiger partial charge is 0.480 e. The standard InChI is InChI=1S/C13H23N3O2S/c1-4-7-14-13(2,12(17)18)6-5-8-19-11-9-15-16(3)10-11/h9-10,14H,4-8H2,1-3H3,(H,17,18). The zero-order valence-corrected chi connectivity index (χ0v) is 12.7. The number of rotatable bonds is 9. The Morgan fingerprint density at radius 3 is 2.89 bits per heavy atom. The van der Waals surface area contributed by atoms with Crippen LogP contribution in [0.5, 0.6) is 0 Å².